The van der Waals surface area contributed by atoms with Gasteiger partial charge in [-0.15, -0.1) is 0 Å². The molecule has 0 aliphatic carbocycles. The van der Waals surface area contributed by atoms with Gasteiger partial charge in [0.05, 0.1) is 17.3 Å². The molecule has 1 aromatic heterocycles. The number of carbonyl (C=O) groups is 1. The molecular formula is C16H13ClN2O2S. The Morgan fingerprint density at radius 1 is 1.23 bits per heavy atom. The smallest absolute Gasteiger partial charge is 0.257 e. The molecule has 0 bridgehead atoms. The number of thiazole rings is 1. The molecule has 0 aliphatic heterocycles. The molecule has 3 rings (SSSR count). The summed E-state index contributed by atoms with van der Waals surface area (Å²) in [6, 6.07) is 10.7. The van der Waals surface area contributed by atoms with Gasteiger partial charge in [-0.1, -0.05) is 22.9 Å². The van der Waals surface area contributed by atoms with Crippen molar-refractivity contribution in [3.05, 3.63) is 52.5 Å². The van der Waals surface area contributed by atoms with Gasteiger partial charge in [-0.25, -0.2) is 4.98 Å². The Morgan fingerprint density at radius 3 is 2.64 bits per heavy atom. The van der Waals surface area contributed by atoms with Gasteiger partial charge in [-0.2, -0.15) is 0 Å². The van der Waals surface area contributed by atoms with Crippen LogP contribution in [0.5, 0.6) is 5.75 Å². The molecule has 0 aliphatic rings. The summed E-state index contributed by atoms with van der Waals surface area (Å²) >= 11 is 7.52. The highest BCUT2D eigenvalue weighted by Crippen LogP contribution is 2.31. The highest BCUT2D eigenvalue weighted by atomic mass is 35.5. The van der Waals surface area contributed by atoms with Gasteiger partial charge in [0, 0.05) is 10.6 Å². The number of nitrogens with one attached hydrogen (secondary N) is 1. The first-order valence-corrected chi connectivity index (χ1v) is 7.79. The predicted molar refractivity (Wildman–Crippen MR) is 90.3 cm³/mol. The van der Waals surface area contributed by atoms with Crippen molar-refractivity contribution in [1.29, 1.82) is 0 Å². The van der Waals surface area contributed by atoms with Crippen molar-refractivity contribution in [1.82, 2.24) is 4.98 Å². The second kappa shape index (κ2) is 5.94. The number of carbonyl (C=O) groups excluding carboxylic acids is 1. The van der Waals surface area contributed by atoms with Gasteiger partial charge in [0.1, 0.15) is 5.75 Å². The molecule has 2 aromatic carbocycles. The number of aromatic nitrogens is 1. The summed E-state index contributed by atoms with van der Waals surface area (Å²) in [6.07, 6.45) is 0. The molecule has 3 aromatic rings. The Kier molecular flexibility index (Phi) is 4.00. The Labute approximate surface area is 136 Å². The lowest BCUT2D eigenvalue weighted by atomic mass is 10.2. The highest BCUT2D eigenvalue weighted by molar-refractivity contribution is 7.22. The fourth-order valence-electron chi connectivity index (χ4n) is 2.07. The van der Waals surface area contributed by atoms with Crippen molar-refractivity contribution in [2.75, 3.05) is 12.4 Å². The summed E-state index contributed by atoms with van der Waals surface area (Å²) in [4.78, 5) is 16.7. The van der Waals surface area contributed by atoms with Crippen LogP contribution in [0.1, 0.15) is 15.9 Å². The zero-order valence-electron chi connectivity index (χ0n) is 12.0. The third-order valence-corrected chi connectivity index (χ3v) is 4.67. The Bertz CT molecular complexity index is 843. The Balaban J connectivity index is 1.85. The summed E-state index contributed by atoms with van der Waals surface area (Å²) in [6.45, 7) is 1.92. The second-order valence-corrected chi connectivity index (χ2v) is 6.16. The minimum Gasteiger partial charge on any atom is -0.497 e. The van der Waals surface area contributed by atoms with Crippen LogP contribution in [0.25, 0.3) is 10.2 Å². The van der Waals surface area contributed by atoms with E-state index in [9.17, 15) is 4.79 Å². The molecule has 22 heavy (non-hydrogen) atoms. The first-order chi connectivity index (χ1) is 10.6. The molecule has 0 unspecified atom stereocenters. The molecular weight excluding hydrogens is 320 g/mol. The molecule has 0 saturated carbocycles. The number of halogens is 1. The van der Waals surface area contributed by atoms with E-state index >= 15 is 0 Å². The lowest BCUT2D eigenvalue weighted by Gasteiger charge is -2.03. The zero-order chi connectivity index (χ0) is 15.7. The van der Waals surface area contributed by atoms with Crippen molar-refractivity contribution in [3.63, 3.8) is 0 Å². The Morgan fingerprint density at radius 2 is 1.95 bits per heavy atom. The van der Waals surface area contributed by atoms with Gasteiger partial charge in [0.2, 0.25) is 0 Å². The highest BCUT2D eigenvalue weighted by Gasteiger charge is 2.12. The third kappa shape index (κ3) is 2.77. The minimum absolute atomic E-state index is 0.203. The third-order valence-electron chi connectivity index (χ3n) is 3.32. The number of fused-ring (bicyclic) bond motifs is 1. The van der Waals surface area contributed by atoms with Crippen LogP contribution in [0.15, 0.2) is 36.4 Å². The van der Waals surface area contributed by atoms with E-state index in [0.29, 0.717) is 21.5 Å². The molecule has 112 valence electrons. The van der Waals surface area contributed by atoms with Crippen LogP contribution in [0.2, 0.25) is 5.02 Å². The van der Waals surface area contributed by atoms with E-state index in [2.05, 4.69) is 10.3 Å². The maximum absolute atomic E-state index is 12.2. The monoisotopic (exact) mass is 332 g/mol. The van der Waals surface area contributed by atoms with Gasteiger partial charge >= 0.3 is 0 Å². The van der Waals surface area contributed by atoms with E-state index in [1.807, 2.05) is 19.1 Å². The number of benzene rings is 2. The van der Waals surface area contributed by atoms with Crippen LogP contribution in [-0.4, -0.2) is 18.0 Å². The lowest BCUT2D eigenvalue weighted by Crippen LogP contribution is -2.11. The summed E-state index contributed by atoms with van der Waals surface area (Å²) in [7, 11) is 1.59. The number of amides is 1. The summed E-state index contributed by atoms with van der Waals surface area (Å²) < 4.78 is 6.07. The molecule has 0 atom stereocenters. The predicted octanol–water partition coefficient (Wildman–Crippen LogP) is 4.52. The number of hydrogen-bond acceptors (Lipinski definition) is 4. The van der Waals surface area contributed by atoms with Crippen molar-refractivity contribution in [2.45, 2.75) is 6.92 Å². The molecule has 0 radical (unpaired) electrons. The van der Waals surface area contributed by atoms with Crippen molar-refractivity contribution < 1.29 is 9.53 Å². The number of rotatable bonds is 3. The van der Waals surface area contributed by atoms with Gasteiger partial charge in [0.15, 0.2) is 5.13 Å². The van der Waals surface area contributed by atoms with E-state index in [-0.39, 0.29) is 5.91 Å². The number of ether oxygens (including phenoxy) is 1. The summed E-state index contributed by atoms with van der Waals surface area (Å²) in [5, 5.41) is 4.05. The molecule has 1 N–H and O–H groups in total. The maximum Gasteiger partial charge on any atom is 0.257 e. The van der Waals surface area contributed by atoms with Gasteiger partial charge in [-0.3, -0.25) is 10.1 Å². The first-order valence-electron chi connectivity index (χ1n) is 6.59. The minimum atomic E-state index is -0.203. The van der Waals surface area contributed by atoms with Crippen LogP contribution in [0.4, 0.5) is 5.13 Å². The number of anilines is 1. The summed E-state index contributed by atoms with van der Waals surface area (Å²) in [5.74, 6) is 0.507. The van der Waals surface area contributed by atoms with Gasteiger partial charge < -0.3 is 4.74 Å². The molecule has 1 amide bonds. The molecule has 0 saturated heterocycles. The average Bonchev–Trinajstić information content (AvgIpc) is 2.94. The van der Waals surface area contributed by atoms with Crippen LogP contribution in [-0.2, 0) is 0 Å². The van der Waals surface area contributed by atoms with Gasteiger partial charge in [0.25, 0.3) is 5.91 Å². The topological polar surface area (TPSA) is 51.2 Å². The van der Waals surface area contributed by atoms with Crippen molar-refractivity contribution in [3.8, 4) is 5.75 Å². The maximum atomic E-state index is 12.2. The zero-order valence-corrected chi connectivity index (χ0v) is 13.6. The van der Waals surface area contributed by atoms with Crippen LogP contribution < -0.4 is 10.1 Å². The second-order valence-electron chi connectivity index (χ2n) is 4.72. The molecule has 4 nitrogen and oxygen atoms in total. The van der Waals surface area contributed by atoms with Crippen LogP contribution in [0.3, 0.4) is 0 Å². The normalized spacial score (nSPS) is 10.7. The van der Waals surface area contributed by atoms with E-state index < -0.39 is 0 Å². The number of nitrogens with zero attached hydrogens (tertiary/aromatic N) is 1. The van der Waals surface area contributed by atoms with Crippen molar-refractivity contribution >= 4 is 44.2 Å². The van der Waals surface area contributed by atoms with E-state index in [0.717, 1.165) is 15.8 Å². The quantitative estimate of drug-likeness (QED) is 0.767. The average molecular weight is 333 g/mol. The molecule has 0 fully saturated rings. The molecule has 1 heterocycles. The number of hydrogen-bond donors (Lipinski definition) is 1. The van der Waals surface area contributed by atoms with Crippen LogP contribution in [0, 0.1) is 6.92 Å². The van der Waals surface area contributed by atoms with Gasteiger partial charge in [-0.05, 0) is 48.9 Å². The Hall–Kier alpha value is -2.11. The number of aryl methyl sites for hydroxylation is 1. The SMILES string of the molecule is COc1ccc(C(=O)Nc2nc3c(C)c(Cl)ccc3s2)cc1. The molecule has 0 spiro atoms. The first kappa shape index (κ1) is 14.8. The fraction of sp³-hybridized carbons (Fsp3) is 0.125. The molecule has 6 heteroatoms. The lowest BCUT2D eigenvalue weighted by molar-refractivity contribution is 0.102. The van der Waals surface area contributed by atoms with E-state index in [1.165, 1.54) is 11.3 Å². The summed E-state index contributed by atoms with van der Waals surface area (Å²) in [5.41, 5.74) is 2.29. The van der Waals surface area contributed by atoms with Crippen molar-refractivity contribution in [2.24, 2.45) is 0 Å². The number of methoxy groups -OCH3 is 1. The van der Waals surface area contributed by atoms with E-state index in [4.69, 9.17) is 16.3 Å². The van der Waals surface area contributed by atoms with Crippen LogP contribution >= 0.6 is 22.9 Å². The fourth-order valence-corrected chi connectivity index (χ4v) is 3.14. The largest absolute Gasteiger partial charge is 0.497 e. The standard InChI is InChI=1S/C16H13ClN2O2S/c1-9-12(17)7-8-13-14(9)18-16(22-13)19-15(20)10-3-5-11(21-2)6-4-10/h3-8H,1-2H3,(H,18,19,20). The van der Waals surface area contributed by atoms with E-state index in [1.54, 1.807) is 31.4 Å².